The van der Waals surface area contributed by atoms with Crippen LogP contribution < -0.4 is 16.0 Å². The lowest BCUT2D eigenvalue weighted by atomic mass is 9.86. The van der Waals surface area contributed by atoms with Crippen LogP contribution in [-0.4, -0.2) is 206 Å². The van der Waals surface area contributed by atoms with E-state index in [1.807, 2.05) is 51.2 Å². The molecule has 24 nitrogen and oxygen atoms in total. The number of amidine groups is 3. The third-order valence-electron chi connectivity index (χ3n) is 13.6. The molecule has 4 aromatic rings. The standard InChI is InChI=1S/C18H22N8O3S.C18H29N5O3S.C9H15ClN2O3S.2CH4/c1-2-19-18-20-14-16(28)15(27)13(29-17(14)30-18)9-25-7-10(21-23-25)8-26-12-6-4-3-5-11(12)22-24-26;1-2-19-18-20-14-16(25)15(24)13(26-17(14)27-18)10-23-9-12(21-22-23)8-11-6-4-3-5-7-11;1-2-11-9-12-5-7(14)6(13)4(3-10)15-8(5)16-9;;/h3-7,13-17,27-28H,2,8-9H2,1H3,(H,19,20);9,11,13-17,24-25H,2-8,10H2,1H3,(H,19,20);4-8,13-14H,2-3H2,1H3,(H,11,12);2*1H4/t2*13-,14-,15-,16-,17-;4-,5-,6-,7-,8-;;/m111../s1. The third kappa shape index (κ3) is 14.0. The maximum absolute atomic E-state index is 10.5. The van der Waals surface area contributed by atoms with Crippen LogP contribution in [0.5, 0.6) is 0 Å². The monoisotopic (exact) mass is 1120 g/mol. The van der Waals surface area contributed by atoms with Gasteiger partial charge in [-0.2, -0.15) is 0 Å². The van der Waals surface area contributed by atoms with Crippen LogP contribution in [0.15, 0.2) is 51.6 Å². The van der Waals surface area contributed by atoms with Crippen LogP contribution in [-0.2, 0) is 40.3 Å². The SMILES string of the molecule is C.C.CCN=C1N[C@@H]2[C@@H](O)[C@H](O)[C@@H](CCl)O[C@@H]2S1.CCN=C1N[C@@H]2[C@@H](O)[C@H](O)[C@@H](Cn3cc(CC4CCCCC4)nn3)O[C@@H]2S1.CCN=C1N[C@@H]2[C@@H](O)[C@H](O)[C@@H](Cn3cc(Cn4nnc5ccccc54)nn3)O[C@@H]2S1. The van der Waals surface area contributed by atoms with E-state index >= 15 is 0 Å². The highest BCUT2D eigenvalue weighted by molar-refractivity contribution is 8.15. The minimum atomic E-state index is -1.05. The number of alkyl halides is 1. The molecule has 0 spiro atoms. The first-order chi connectivity index (χ1) is 35.4. The van der Waals surface area contributed by atoms with Gasteiger partial charge in [0.1, 0.15) is 82.5 Å². The molecule has 75 heavy (non-hydrogen) atoms. The van der Waals surface area contributed by atoms with E-state index in [-0.39, 0.29) is 55.7 Å². The van der Waals surface area contributed by atoms with Gasteiger partial charge in [0, 0.05) is 25.8 Å². The molecule has 0 bridgehead atoms. The summed E-state index contributed by atoms with van der Waals surface area (Å²) in [6, 6.07) is 6.66. The summed E-state index contributed by atoms with van der Waals surface area (Å²) in [6.45, 7) is 8.89. The topological polar surface area (TPSA) is 314 Å². The van der Waals surface area contributed by atoms with Gasteiger partial charge in [-0.05, 0) is 45.2 Å². The lowest BCUT2D eigenvalue weighted by molar-refractivity contribution is -0.160. The highest BCUT2D eigenvalue weighted by Gasteiger charge is 2.51. The Bertz CT molecular complexity index is 2520. The van der Waals surface area contributed by atoms with Crippen molar-refractivity contribution in [2.75, 3.05) is 25.5 Å². The predicted molar refractivity (Wildman–Crippen MR) is 291 cm³/mol. The molecule has 6 aliphatic heterocycles. The molecule has 0 radical (unpaired) electrons. The minimum Gasteiger partial charge on any atom is -0.388 e. The second-order valence-corrected chi connectivity index (χ2v) is 22.3. The Morgan fingerprint density at radius 2 is 1.05 bits per heavy atom. The molecular weight excluding hydrogens is 1050 g/mol. The average Bonchev–Trinajstić information content (AvgIpc) is 4.28. The number of halogens is 1. The Morgan fingerprint density at radius 3 is 1.55 bits per heavy atom. The van der Waals surface area contributed by atoms with Crippen molar-refractivity contribution >= 4 is 73.4 Å². The molecule has 11 rings (SSSR count). The van der Waals surface area contributed by atoms with E-state index in [9.17, 15) is 30.6 Å². The summed E-state index contributed by atoms with van der Waals surface area (Å²) in [5.74, 6) is 0.877. The first-order valence-corrected chi connectivity index (χ1v) is 28.2. The molecule has 15 atom stereocenters. The predicted octanol–water partition coefficient (Wildman–Crippen LogP) is 1.55. The molecule has 6 saturated heterocycles. The highest BCUT2D eigenvalue weighted by atomic mass is 35.5. The van der Waals surface area contributed by atoms with Crippen molar-refractivity contribution in [2.24, 2.45) is 20.9 Å². The smallest absolute Gasteiger partial charge is 0.159 e. The van der Waals surface area contributed by atoms with E-state index in [0.29, 0.717) is 44.3 Å². The molecular formula is C47H74ClN15O9S3. The van der Waals surface area contributed by atoms with E-state index in [1.165, 1.54) is 67.4 Å². The van der Waals surface area contributed by atoms with Crippen molar-refractivity contribution in [1.82, 2.24) is 60.9 Å². The Hall–Kier alpha value is -3.71. The molecule has 416 valence electrons. The van der Waals surface area contributed by atoms with Gasteiger partial charge < -0.3 is 60.8 Å². The largest absolute Gasteiger partial charge is 0.388 e. The van der Waals surface area contributed by atoms with Crippen LogP contribution in [0.4, 0.5) is 0 Å². The van der Waals surface area contributed by atoms with E-state index in [4.69, 9.17) is 25.8 Å². The number of aliphatic hydroxyl groups is 6. The quantitative estimate of drug-likeness (QED) is 0.0909. The molecule has 7 aliphatic rings. The fraction of sp³-hybridized carbons (Fsp3) is 0.723. The summed E-state index contributed by atoms with van der Waals surface area (Å²) in [4.78, 5) is 12.9. The number of aliphatic hydroxyl groups excluding tert-OH is 6. The van der Waals surface area contributed by atoms with Crippen LogP contribution in [0.25, 0.3) is 11.0 Å². The Labute approximate surface area is 454 Å². The number of rotatable bonds is 12. The number of nitrogens with one attached hydrogen (secondary N) is 3. The van der Waals surface area contributed by atoms with Crippen molar-refractivity contribution in [2.45, 2.75) is 183 Å². The number of para-hydroxylation sites is 1. The van der Waals surface area contributed by atoms with Crippen LogP contribution in [0.2, 0.25) is 0 Å². The van der Waals surface area contributed by atoms with Gasteiger partial charge in [0.05, 0.1) is 61.0 Å². The summed E-state index contributed by atoms with van der Waals surface area (Å²) in [5, 5.41) is 98.5. The van der Waals surface area contributed by atoms with Gasteiger partial charge in [-0.25, -0.2) is 14.0 Å². The van der Waals surface area contributed by atoms with Crippen LogP contribution in [0.1, 0.15) is 79.1 Å². The molecule has 7 fully saturated rings. The zero-order valence-corrected chi connectivity index (χ0v) is 44.0. The van der Waals surface area contributed by atoms with Gasteiger partial charge >= 0.3 is 0 Å². The highest BCUT2D eigenvalue weighted by Crippen LogP contribution is 2.37. The number of hydrogen-bond acceptors (Lipinski definition) is 21. The molecule has 1 saturated carbocycles. The maximum Gasteiger partial charge on any atom is 0.159 e. The normalized spacial score (nSPS) is 34.6. The third-order valence-corrected chi connectivity index (χ3v) is 17.2. The van der Waals surface area contributed by atoms with Gasteiger partial charge in [0.25, 0.3) is 0 Å². The Balaban J connectivity index is 0.000000169. The fourth-order valence-electron chi connectivity index (χ4n) is 9.79. The number of aromatic nitrogens is 9. The lowest BCUT2D eigenvalue weighted by Gasteiger charge is -2.38. The second-order valence-electron chi connectivity index (χ2n) is 18.7. The number of hydrogen-bond donors (Lipinski definition) is 9. The first-order valence-electron chi connectivity index (χ1n) is 25.0. The van der Waals surface area contributed by atoms with Crippen LogP contribution in [0.3, 0.4) is 0 Å². The van der Waals surface area contributed by atoms with E-state index < -0.39 is 61.0 Å². The Morgan fingerprint density at radius 1 is 0.600 bits per heavy atom. The van der Waals surface area contributed by atoms with Crippen molar-refractivity contribution in [1.29, 1.82) is 0 Å². The second kappa shape index (κ2) is 27.2. The van der Waals surface area contributed by atoms with Gasteiger partial charge in [0.15, 0.2) is 15.5 Å². The minimum absolute atomic E-state index is 0. The molecule has 0 amide bonds. The number of ether oxygens (including phenoxy) is 3. The van der Waals surface area contributed by atoms with Gasteiger partial charge in [-0.3, -0.25) is 15.0 Å². The number of thioether (sulfide) groups is 3. The van der Waals surface area contributed by atoms with Gasteiger partial charge in [-0.1, -0.05) is 110 Å². The summed E-state index contributed by atoms with van der Waals surface area (Å²) in [5.41, 5.74) is 2.64. The molecule has 1 aliphatic carbocycles. The van der Waals surface area contributed by atoms with Crippen LogP contribution >= 0.6 is 46.9 Å². The maximum atomic E-state index is 10.5. The van der Waals surface area contributed by atoms with Gasteiger partial charge in [0.2, 0.25) is 0 Å². The summed E-state index contributed by atoms with van der Waals surface area (Å²) >= 11 is 10.0. The van der Waals surface area contributed by atoms with E-state index in [0.717, 1.165) is 38.7 Å². The molecule has 9 N–H and O–H groups in total. The summed E-state index contributed by atoms with van der Waals surface area (Å²) in [7, 11) is 0. The van der Waals surface area contributed by atoms with Crippen molar-refractivity contribution in [3.63, 3.8) is 0 Å². The van der Waals surface area contributed by atoms with Gasteiger partial charge in [-0.15, -0.1) is 26.9 Å². The Kier molecular flexibility index (Phi) is 21.4. The fourth-order valence-corrected chi connectivity index (χ4v) is 13.7. The average molecular weight is 1120 g/mol. The summed E-state index contributed by atoms with van der Waals surface area (Å²) in [6.07, 6.45) is 3.86. The van der Waals surface area contributed by atoms with Crippen molar-refractivity contribution in [3.8, 4) is 0 Å². The van der Waals surface area contributed by atoms with Crippen molar-refractivity contribution < 1.29 is 44.8 Å². The number of fused-ring (bicyclic) bond motifs is 4. The number of benzene rings is 1. The first kappa shape index (κ1) is 59.0. The van der Waals surface area contributed by atoms with Crippen LogP contribution in [0, 0.1) is 5.92 Å². The number of nitrogens with zero attached hydrogens (tertiary/aromatic N) is 12. The molecule has 1 aromatic carbocycles. The summed E-state index contributed by atoms with van der Waals surface area (Å²) < 4.78 is 22.8. The van der Waals surface area contributed by atoms with E-state index in [2.05, 4.69) is 61.9 Å². The number of aliphatic imine (C=N–C) groups is 3. The molecule has 28 heteroatoms. The lowest BCUT2D eigenvalue weighted by Crippen LogP contribution is -2.59. The molecule has 0 unspecified atom stereocenters. The molecule has 3 aromatic heterocycles. The zero-order valence-electron chi connectivity index (χ0n) is 40.8. The molecule has 9 heterocycles. The van der Waals surface area contributed by atoms with Crippen molar-refractivity contribution in [3.05, 3.63) is 48.0 Å². The van der Waals surface area contributed by atoms with E-state index in [1.54, 1.807) is 20.2 Å². The zero-order chi connectivity index (χ0) is 51.2.